The summed E-state index contributed by atoms with van der Waals surface area (Å²) in [6.45, 7) is -3.03. The number of nitrogens with zero attached hydrogens (tertiary/aromatic N) is 1. The van der Waals surface area contributed by atoms with Crippen LogP contribution in [0.15, 0.2) is 41.5 Å². The van der Waals surface area contributed by atoms with Crippen molar-refractivity contribution in [3.8, 4) is 17.2 Å². The van der Waals surface area contributed by atoms with Gasteiger partial charge < -0.3 is 19.5 Å². The number of nitrogens with one attached hydrogen (secondary N) is 2. The molecule has 0 heterocycles. The van der Waals surface area contributed by atoms with E-state index in [1.54, 1.807) is 12.1 Å². The Labute approximate surface area is 158 Å². The van der Waals surface area contributed by atoms with E-state index in [1.807, 2.05) is 0 Å². The predicted molar refractivity (Wildman–Crippen MR) is 99.5 cm³/mol. The Kier molecular flexibility index (Phi) is 7.24. The molecule has 2 aromatic carbocycles. The van der Waals surface area contributed by atoms with E-state index in [9.17, 15) is 13.2 Å². The van der Waals surface area contributed by atoms with Gasteiger partial charge in [0.25, 0.3) is 0 Å². The zero-order valence-corrected chi connectivity index (χ0v) is 15.1. The molecule has 0 aromatic heterocycles. The molecule has 0 atom stereocenters. The fraction of sp³-hybridized carbons (Fsp3) is 0.176. The molecule has 6 nitrogen and oxygen atoms in total. The number of ether oxygens (including phenoxy) is 3. The molecular weight excluding hydrogens is 383 g/mol. The van der Waals surface area contributed by atoms with Crippen LogP contribution in [0.1, 0.15) is 5.56 Å². The van der Waals surface area contributed by atoms with E-state index in [2.05, 4.69) is 20.6 Å². The zero-order chi connectivity index (χ0) is 19.8. The van der Waals surface area contributed by atoms with Crippen LogP contribution in [0.4, 0.5) is 18.9 Å². The van der Waals surface area contributed by atoms with Gasteiger partial charge in [-0.15, -0.1) is 0 Å². The molecule has 2 aromatic rings. The summed E-state index contributed by atoms with van der Waals surface area (Å²) < 4.78 is 53.1. The van der Waals surface area contributed by atoms with E-state index in [-0.39, 0.29) is 28.0 Å². The third-order valence-corrected chi connectivity index (χ3v) is 3.38. The van der Waals surface area contributed by atoms with Gasteiger partial charge in [0.05, 0.1) is 26.1 Å². The first kappa shape index (κ1) is 20.3. The second-order valence-electron chi connectivity index (χ2n) is 4.94. The maximum Gasteiger partial charge on any atom is 0.387 e. The van der Waals surface area contributed by atoms with Crippen LogP contribution in [0.2, 0.25) is 0 Å². The number of thiocarbonyl (C=S) groups is 1. The highest BCUT2D eigenvalue weighted by Crippen LogP contribution is 2.39. The molecule has 0 spiro atoms. The zero-order valence-electron chi connectivity index (χ0n) is 14.3. The smallest absolute Gasteiger partial charge is 0.387 e. The molecular formula is C17H16F3N3O3S. The Hall–Kier alpha value is -3.01. The van der Waals surface area contributed by atoms with Gasteiger partial charge in [0.1, 0.15) is 5.82 Å². The predicted octanol–water partition coefficient (Wildman–Crippen LogP) is 3.76. The first-order valence-electron chi connectivity index (χ1n) is 7.50. The first-order valence-corrected chi connectivity index (χ1v) is 7.90. The van der Waals surface area contributed by atoms with E-state index in [0.717, 1.165) is 0 Å². The number of hydrogen-bond donors (Lipinski definition) is 2. The summed E-state index contributed by atoms with van der Waals surface area (Å²) in [5.74, 6) is -0.599. The monoisotopic (exact) mass is 399 g/mol. The van der Waals surface area contributed by atoms with Crippen molar-refractivity contribution in [2.24, 2.45) is 5.10 Å². The van der Waals surface area contributed by atoms with Crippen molar-refractivity contribution in [1.82, 2.24) is 5.43 Å². The van der Waals surface area contributed by atoms with Crippen LogP contribution in [-0.4, -0.2) is 32.2 Å². The van der Waals surface area contributed by atoms with Gasteiger partial charge in [-0.1, -0.05) is 12.1 Å². The molecule has 0 aliphatic carbocycles. The fourth-order valence-corrected chi connectivity index (χ4v) is 2.22. The van der Waals surface area contributed by atoms with Gasteiger partial charge in [-0.3, -0.25) is 5.43 Å². The number of benzene rings is 2. The minimum Gasteiger partial charge on any atom is -0.493 e. The Morgan fingerprint density at radius 3 is 2.33 bits per heavy atom. The summed E-state index contributed by atoms with van der Waals surface area (Å²) >= 11 is 5.02. The number of para-hydroxylation sites is 1. The maximum absolute atomic E-state index is 13.6. The normalized spacial score (nSPS) is 10.7. The highest BCUT2D eigenvalue weighted by atomic mass is 32.1. The van der Waals surface area contributed by atoms with Crippen molar-refractivity contribution in [3.05, 3.63) is 47.8 Å². The molecule has 27 heavy (non-hydrogen) atoms. The Bertz CT molecular complexity index is 809. The molecule has 0 bridgehead atoms. The van der Waals surface area contributed by atoms with Crippen LogP contribution < -0.4 is 25.0 Å². The SMILES string of the molecule is COc1cc(/C=N\NC(=S)Nc2ccccc2F)cc(OC)c1OC(F)F. The van der Waals surface area contributed by atoms with Crippen molar-refractivity contribution < 1.29 is 27.4 Å². The van der Waals surface area contributed by atoms with Crippen molar-refractivity contribution in [2.75, 3.05) is 19.5 Å². The number of hydrogen-bond acceptors (Lipinski definition) is 5. The maximum atomic E-state index is 13.6. The molecule has 0 radical (unpaired) electrons. The van der Waals surface area contributed by atoms with Crippen molar-refractivity contribution in [3.63, 3.8) is 0 Å². The number of methoxy groups -OCH3 is 2. The number of alkyl halides is 2. The molecule has 0 saturated carbocycles. The minimum atomic E-state index is -3.03. The van der Waals surface area contributed by atoms with Gasteiger partial charge in [0, 0.05) is 5.56 Å². The third kappa shape index (κ3) is 5.74. The van der Waals surface area contributed by atoms with E-state index in [1.165, 1.54) is 44.7 Å². The van der Waals surface area contributed by atoms with Crippen LogP contribution in [0.25, 0.3) is 0 Å². The summed E-state index contributed by atoms with van der Waals surface area (Å²) in [7, 11) is 2.61. The van der Waals surface area contributed by atoms with Gasteiger partial charge in [0.2, 0.25) is 5.75 Å². The molecule has 0 aliphatic rings. The molecule has 0 amide bonds. The van der Waals surface area contributed by atoms with Crippen LogP contribution in [0.3, 0.4) is 0 Å². The van der Waals surface area contributed by atoms with Crippen molar-refractivity contribution in [1.29, 1.82) is 0 Å². The van der Waals surface area contributed by atoms with Gasteiger partial charge >= 0.3 is 6.61 Å². The van der Waals surface area contributed by atoms with Gasteiger partial charge in [-0.25, -0.2) is 4.39 Å². The van der Waals surface area contributed by atoms with Crippen molar-refractivity contribution in [2.45, 2.75) is 6.61 Å². The third-order valence-electron chi connectivity index (χ3n) is 3.19. The lowest BCUT2D eigenvalue weighted by Gasteiger charge is -2.14. The van der Waals surface area contributed by atoms with E-state index in [0.29, 0.717) is 5.56 Å². The lowest BCUT2D eigenvalue weighted by molar-refractivity contribution is -0.0526. The van der Waals surface area contributed by atoms with E-state index in [4.69, 9.17) is 21.7 Å². The highest BCUT2D eigenvalue weighted by Gasteiger charge is 2.17. The van der Waals surface area contributed by atoms with Gasteiger partial charge in [-0.2, -0.15) is 13.9 Å². The number of anilines is 1. The number of hydrazone groups is 1. The lowest BCUT2D eigenvalue weighted by Crippen LogP contribution is -2.24. The molecule has 10 heteroatoms. The lowest BCUT2D eigenvalue weighted by atomic mass is 10.2. The minimum absolute atomic E-state index is 0.0446. The van der Waals surface area contributed by atoms with Crippen molar-refractivity contribution >= 4 is 29.2 Å². The second kappa shape index (κ2) is 9.62. The van der Waals surface area contributed by atoms with Crippen LogP contribution >= 0.6 is 12.2 Å². The molecule has 0 unspecified atom stereocenters. The highest BCUT2D eigenvalue weighted by molar-refractivity contribution is 7.80. The molecule has 0 aliphatic heterocycles. The number of rotatable bonds is 7. The summed E-state index contributed by atoms with van der Waals surface area (Å²) in [4.78, 5) is 0. The quantitative estimate of drug-likeness (QED) is 0.420. The first-order chi connectivity index (χ1) is 12.9. The van der Waals surface area contributed by atoms with Gasteiger partial charge in [0.15, 0.2) is 16.6 Å². The standard InChI is InChI=1S/C17H16F3N3O3S/c1-24-13-7-10(8-14(25-2)15(13)26-16(19)20)9-21-23-17(27)22-12-6-4-3-5-11(12)18/h3-9,16H,1-2H3,(H2,22,23,27)/b21-9-. The molecule has 0 saturated heterocycles. The summed E-state index contributed by atoms with van der Waals surface area (Å²) in [5.41, 5.74) is 3.18. The van der Waals surface area contributed by atoms with Gasteiger partial charge in [-0.05, 0) is 36.5 Å². The molecule has 144 valence electrons. The Balaban J connectivity index is 2.09. The van der Waals surface area contributed by atoms with E-state index >= 15 is 0 Å². The fourth-order valence-electron chi connectivity index (χ4n) is 2.06. The summed E-state index contributed by atoms with van der Waals surface area (Å²) in [6.07, 6.45) is 1.35. The largest absolute Gasteiger partial charge is 0.493 e. The average Bonchev–Trinajstić information content (AvgIpc) is 2.64. The van der Waals surface area contributed by atoms with Crippen LogP contribution in [0, 0.1) is 5.82 Å². The van der Waals surface area contributed by atoms with Crippen LogP contribution in [0.5, 0.6) is 17.2 Å². The summed E-state index contributed by atoms with van der Waals surface area (Å²) in [6, 6.07) is 8.87. The second-order valence-corrected chi connectivity index (χ2v) is 5.35. The van der Waals surface area contributed by atoms with Crippen LogP contribution in [-0.2, 0) is 0 Å². The topological polar surface area (TPSA) is 64.1 Å². The number of halogens is 3. The molecule has 2 rings (SSSR count). The van der Waals surface area contributed by atoms with E-state index < -0.39 is 12.4 Å². The average molecular weight is 399 g/mol. The Morgan fingerprint density at radius 2 is 1.78 bits per heavy atom. The summed E-state index contributed by atoms with van der Waals surface area (Å²) in [5, 5.41) is 6.62. The Morgan fingerprint density at radius 1 is 1.15 bits per heavy atom. The molecule has 2 N–H and O–H groups in total. The molecule has 0 fully saturated rings.